The Hall–Kier alpha value is -1.58. The fourth-order valence-electron chi connectivity index (χ4n) is 6.65. The second-order valence-corrected chi connectivity index (χ2v) is 9.15. The van der Waals surface area contributed by atoms with Gasteiger partial charge in [0.05, 0.1) is 12.9 Å². The topological polar surface area (TPSA) is 52.6 Å². The number of allylic oxidation sites excluding steroid dienone is 4. The lowest BCUT2D eigenvalue weighted by molar-refractivity contribution is -0.172. The molecule has 6 unspecified atom stereocenters. The van der Waals surface area contributed by atoms with Crippen LogP contribution < -0.4 is 0 Å². The van der Waals surface area contributed by atoms with Crippen LogP contribution in [0.15, 0.2) is 23.5 Å². The number of hydrogen-bond acceptors (Lipinski definition) is 4. The minimum absolute atomic E-state index is 0.0158. The van der Waals surface area contributed by atoms with Gasteiger partial charge in [0.15, 0.2) is 0 Å². The molecule has 4 rings (SSSR count). The number of carbonyl (C=O) groups excluding carboxylic acids is 2. The van der Waals surface area contributed by atoms with Crippen molar-refractivity contribution in [3.8, 4) is 0 Å². The van der Waals surface area contributed by atoms with Crippen LogP contribution >= 0.6 is 0 Å². The molecule has 0 aromatic heterocycles. The first-order chi connectivity index (χ1) is 12.3. The molecule has 0 heterocycles. The number of Topliss-reactive ketones (excluding diaryl/α,β-unsaturated/α-hetero) is 1. The number of methoxy groups -OCH3 is 1. The molecule has 0 radical (unpaired) electrons. The van der Waals surface area contributed by atoms with Crippen molar-refractivity contribution in [1.29, 1.82) is 0 Å². The number of hydrogen-bond donors (Lipinski definition) is 0. The van der Waals surface area contributed by atoms with Crippen LogP contribution in [0.5, 0.6) is 0 Å². The molecular formula is C22H30O4. The molecule has 0 saturated heterocycles. The standard InChI is InChI=1S/C22H30O4/c1-13(23)26-18-12-22(3)17(7-8-19(22)24)16-6-5-14-11-15(25-4)9-10-21(14,2)20(16)18/h5,11,16-18,20H,6-10,12H2,1-4H3. The Balaban J connectivity index is 1.78. The van der Waals surface area contributed by atoms with Gasteiger partial charge in [-0.3, -0.25) is 9.59 Å². The first kappa shape index (κ1) is 17.8. The first-order valence-electron chi connectivity index (χ1n) is 9.95. The molecule has 6 atom stereocenters. The molecule has 2 fully saturated rings. The largest absolute Gasteiger partial charge is 0.501 e. The summed E-state index contributed by atoms with van der Waals surface area (Å²) in [5.74, 6) is 2.27. The predicted octanol–water partition coefficient (Wildman–Crippen LogP) is 4.20. The maximum absolute atomic E-state index is 12.7. The lowest BCUT2D eigenvalue weighted by Crippen LogP contribution is -2.56. The third-order valence-electron chi connectivity index (χ3n) is 7.93. The average Bonchev–Trinajstić information content (AvgIpc) is 2.88. The van der Waals surface area contributed by atoms with Gasteiger partial charge in [0, 0.05) is 31.1 Å². The van der Waals surface area contributed by atoms with Gasteiger partial charge in [-0.2, -0.15) is 0 Å². The number of esters is 1. The number of fused-ring (bicyclic) bond motifs is 5. The number of carbonyl (C=O) groups is 2. The Kier molecular flexibility index (Phi) is 4.09. The SMILES string of the molecule is COC1=CC2=CCC3C4CCC(=O)C4(C)CC(OC(C)=O)C3C2(C)CC1. The number of ketones is 1. The van der Waals surface area contributed by atoms with Crippen LogP contribution in [0, 0.1) is 28.6 Å². The van der Waals surface area contributed by atoms with Crippen LogP contribution in [0.25, 0.3) is 0 Å². The maximum Gasteiger partial charge on any atom is 0.302 e. The normalized spacial score (nSPS) is 44.2. The Morgan fingerprint density at radius 1 is 1.23 bits per heavy atom. The highest BCUT2D eigenvalue weighted by molar-refractivity contribution is 5.87. The van der Waals surface area contributed by atoms with E-state index in [4.69, 9.17) is 9.47 Å². The molecule has 2 saturated carbocycles. The van der Waals surface area contributed by atoms with Gasteiger partial charge in [0.25, 0.3) is 0 Å². The predicted molar refractivity (Wildman–Crippen MR) is 98.1 cm³/mol. The van der Waals surface area contributed by atoms with Gasteiger partial charge in [-0.1, -0.05) is 19.9 Å². The summed E-state index contributed by atoms with van der Waals surface area (Å²) in [7, 11) is 1.73. The lowest BCUT2D eigenvalue weighted by atomic mass is 9.48. The van der Waals surface area contributed by atoms with E-state index in [-0.39, 0.29) is 28.8 Å². The van der Waals surface area contributed by atoms with E-state index in [0.717, 1.165) is 31.4 Å². The van der Waals surface area contributed by atoms with Gasteiger partial charge in [-0.15, -0.1) is 0 Å². The lowest BCUT2D eigenvalue weighted by Gasteiger charge is -2.57. The molecule has 0 aliphatic heterocycles. The van der Waals surface area contributed by atoms with Crippen molar-refractivity contribution in [2.45, 2.75) is 65.4 Å². The van der Waals surface area contributed by atoms with Crippen LogP contribution in [-0.4, -0.2) is 25.0 Å². The summed E-state index contributed by atoms with van der Waals surface area (Å²) in [5, 5.41) is 0. The van der Waals surface area contributed by atoms with Crippen LogP contribution in [0.1, 0.15) is 59.3 Å². The summed E-state index contributed by atoms with van der Waals surface area (Å²) in [6, 6.07) is 0. The van der Waals surface area contributed by atoms with Gasteiger partial charge in [-0.05, 0) is 54.6 Å². The van der Waals surface area contributed by atoms with E-state index >= 15 is 0 Å². The monoisotopic (exact) mass is 358 g/mol. The highest BCUT2D eigenvalue weighted by Crippen LogP contribution is 2.64. The third-order valence-corrected chi connectivity index (χ3v) is 7.93. The smallest absolute Gasteiger partial charge is 0.302 e. The zero-order valence-corrected chi connectivity index (χ0v) is 16.3. The van der Waals surface area contributed by atoms with Crippen LogP contribution in [-0.2, 0) is 19.1 Å². The second-order valence-electron chi connectivity index (χ2n) is 9.15. The minimum atomic E-state index is -0.328. The third kappa shape index (κ3) is 2.40. The summed E-state index contributed by atoms with van der Waals surface area (Å²) in [4.78, 5) is 24.6. The van der Waals surface area contributed by atoms with E-state index in [1.807, 2.05) is 0 Å². The zero-order valence-electron chi connectivity index (χ0n) is 16.3. The summed E-state index contributed by atoms with van der Waals surface area (Å²) < 4.78 is 11.4. The van der Waals surface area contributed by atoms with Gasteiger partial charge in [0.2, 0.25) is 0 Å². The van der Waals surface area contributed by atoms with Crippen molar-refractivity contribution in [2.75, 3.05) is 7.11 Å². The summed E-state index contributed by atoms with van der Waals surface area (Å²) in [6.45, 7) is 5.94. The molecule has 0 spiro atoms. The van der Waals surface area contributed by atoms with Crippen molar-refractivity contribution >= 4 is 11.8 Å². The summed E-state index contributed by atoms with van der Waals surface area (Å²) in [6.07, 6.45) is 9.62. The molecule has 4 nitrogen and oxygen atoms in total. The molecule has 4 aliphatic carbocycles. The van der Waals surface area contributed by atoms with Crippen molar-refractivity contribution in [1.82, 2.24) is 0 Å². The average molecular weight is 358 g/mol. The summed E-state index contributed by atoms with van der Waals surface area (Å²) >= 11 is 0. The van der Waals surface area contributed by atoms with E-state index in [1.54, 1.807) is 7.11 Å². The Labute approximate surface area is 156 Å². The van der Waals surface area contributed by atoms with Crippen LogP contribution in [0.2, 0.25) is 0 Å². The molecule has 0 amide bonds. The molecule has 0 aromatic carbocycles. The van der Waals surface area contributed by atoms with Crippen molar-refractivity contribution in [2.24, 2.45) is 28.6 Å². The van der Waals surface area contributed by atoms with E-state index in [1.165, 1.54) is 12.5 Å². The van der Waals surface area contributed by atoms with Crippen LogP contribution in [0.4, 0.5) is 0 Å². The molecule has 26 heavy (non-hydrogen) atoms. The van der Waals surface area contributed by atoms with Crippen molar-refractivity contribution < 1.29 is 19.1 Å². The Bertz CT molecular complexity index is 705. The highest BCUT2D eigenvalue weighted by atomic mass is 16.5. The van der Waals surface area contributed by atoms with E-state index in [9.17, 15) is 9.59 Å². The molecule has 0 bridgehead atoms. The van der Waals surface area contributed by atoms with E-state index in [2.05, 4.69) is 26.0 Å². The highest BCUT2D eigenvalue weighted by Gasteiger charge is 2.62. The van der Waals surface area contributed by atoms with Gasteiger partial charge in [0.1, 0.15) is 11.9 Å². The fourth-order valence-corrected chi connectivity index (χ4v) is 6.65. The van der Waals surface area contributed by atoms with Crippen LogP contribution in [0.3, 0.4) is 0 Å². The van der Waals surface area contributed by atoms with Crippen molar-refractivity contribution in [3.63, 3.8) is 0 Å². The number of rotatable bonds is 2. The van der Waals surface area contributed by atoms with E-state index in [0.29, 0.717) is 30.5 Å². The second kappa shape index (κ2) is 5.97. The Morgan fingerprint density at radius 2 is 2.00 bits per heavy atom. The minimum Gasteiger partial charge on any atom is -0.501 e. The van der Waals surface area contributed by atoms with Crippen molar-refractivity contribution in [3.05, 3.63) is 23.5 Å². The zero-order chi connectivity index (χ0) is 18.7. The number of ether oxygens (including phenoxy) is 2. The van der Waals surface area contributed by atoms with Gasteiger partial charge in [-0.25, -0.2) is 0 Å². The van der Waals surface area contributed by atoms with Gasteiger partial charge < -0.3 is 9.47 Å². The Morgan fingerprint density at radius 3 is 2.69 bits per heavy atom. The molecule has 4 aliphatic rings. The van der Waals surface area contributed by atoms with Gasteiger partial charge >= 0.3 is 5.97 Å². The molecule has 142 valence electrons. The van der Waals surface area contributed by atoms with E-state index < -0.39 is 0 Å². The molecule has 0 aromatic rings. The summed E-state index contributed by atoms with van der Waals surface area (Å²) in [5.41, 5.74) is 0.982. The quantitative estimate of drug-likeness (QED) is 0.694. The molecular weight excluding hydrogens is 328 g/mol. The first-order valence-corrected chi connectivity index (χ1v) is 9.95. The maximum atomic E-state index is 12.7. The molecule has 0 N–H and O–H groups in total. The molecule has 4 heteroatoms. The fraction of sp³-hybridized carbons (Fsp3) is 0.727.